The highest BCUT2D eigenvalue weighted by atomic mass is 32.1. The third kappa shape index (κ3) is 1.61. The molecule has 0 saturated carbocycles. The third-order valence-electron chi connectivity index (χ3n) is 4.61. The van der Waals surface area contributed by atoms with E-state index in [1.165, 1.54) is 22.2 Å². The number of anilines is 1. The number of nitrogens with zero attached hydrogens (tertiary/aromatic N) is 2. The molecule has 3 rings (SSSR count). The second-order valence-electron chi connectivity index (χ2n) is 5.93. The molecule has 3 nitrogen and oxygen atoms in total. The Morgan fingerprint density at radius 1 is 1.35 bits per heavy atom. The predicted molar refractivity (Wildman–Crippen MR) is 72.9 cm³/mol. The number of aromatic nitrogens is 1. The first kappa shape index (κ1) is 11.5. The number of hydrogen-bond donors (Lipinski definition) is 1. The van der Waals surface area contributed by atoms with Crippen LogP contribution in [0, 0.1) is 25.7 Å². The molecule has 3 heterocycles. The smallest absolute Gasteiger partial charge is 0.186 e. The predicted octanol–water partition coefficient (Wildman–Crippen LogP) is 2.19. The van der Waals surface area contributed by atoms with E-state index in [1.807, 2.05) is 11.3 Å². The Bertz CT molecular complexity index is 418. The van der Waals surface area contributed by atoms with Crippen LogP contribution < -0.4 is 10.2 Å². The van der Waals surface area contributed by atoms with Crippen LogP contribution in [0.1, 0.15) is 24.4 Å². The normalized spacial score (nSPS) is 30.9. The van der Waals surface area contributed by atoms with Gasteiger partial charge in [-0.25, -0.2) is 4.98 Å². The molecule has 2 saturated heterocycles. The standard InChI is InChI=1S/C13H21N3S/c1-8-9(2)17-12(15-8)16-7-10-5-14-6-11(10)13(16,3)4/h10-11,14H,5-7H2,1-4H3. The van der Waals surface area contributed by atoms with Gasteiger partial charge < -0.3 is 10.2 Å². The van der Waals surface area contributed by atoms with Crippen molar-refractivity contribution < 1.29 is 0 Å². The average molecular weight is 251 g/mol. The maximum Gasteiger partial charge on any atom is 0.186 e. The fourth-order valence-corrected chi connectivity index (χ4v) is 4.39. The van der Waals surface area contributed by atoms with Gasteiger partial charge in [0.25, 0.3) is 0 Å². The molecule has 0 radical (unpaired) electrons. The van der Waals surface area contributed by atoms with Crippen molar-refractivity contribution in [3.63, 3.8) is 0 Å². The summed E-state index contributed by atoms with van der Waals surface area (Å²) in [7, 11) is 0. The van der Waals surface area contributed by atoms with Gasteiger partial charge in [0.1, 0.15) is 0 Å². The lowest BCUT2D eigenvalue weighted by Gasteiger charge is -2.35. The van der Waals surface area contributed by atoms with Gasteiger partial charge in [-0.3, -0.25) is 0 Å². The largest absolute Gasteiger partial charge is 0.342 e. The van der Waals surface area contributed by atoms with Gasteiger partial charge in [0.2, 0.25) is 0 Å². The van der Waals surface area contributed by atoms with Crippen LogP contribution >= 0.6 is 11.3 Å². The van der Waals surface area contributed by atoms with E-state index in [2.05, 4.69) is 37.9 Å². The fourth-order valence-electron chi connectivity index (χ4n) is 3.32. The van der Waals surface area contributed by atoms with Crippen LogP contribution in [0.5, 0.6) is 0 Å². The molecule has 4 heteroatoms. The minimum absolute atomic E-state index is 0.241. The number of thiazole rings is 1. The topological polar surface area (TPSA) is 28.2 Å². The molecule has 17 heavy (non-hydrogen) atoms. The lowest BCUT2D eigenvalue weighted by molar-refractivity contribution is 0.357. The van der Waals surface area contributed by atoms with Gasteiger partial charge in [-0.1, -0.05) is 0 Å². The minimum Gasteiger partial charge on any atom is -0.342 e. The molecule has 94 valence electrons. The second kappa shape index (κ2) is 3.69. The van der Waals surface area contributed by atoms with E-state index in [-0.39, 0.29) is 5.54 Å². The Morgan fingerprint density at radius 3 is 2.71 bits per heavy atom. The van der Waals surface area contributed by atoms with E-state index in [0.29, 0.717) is 0 Å². The van der Waals surface area contributed by atoms with Crippen molar-refractivity contribution in [2.75, 3.05) is 24.5 Å². The number of aryl methyl sites for hydroxylation is 2. The van der Waals surface area contributed by atoms with Crippen LogP contribution in [0.15, 0.2) is 0 Å². The average Bonchev–Trinajstić information content (AvgIpc) is 2.87. The van der Waals surface area contributed by atoms with Crippen molar-refractivity contribution >= 4 is 16.5 Å². The van der Waals surface area contributed by atoms with Crippen molar-refractivity contribution in [3.8, 4) is 0 Å². The molecule has 0 amide bonds. The zero-order valence-corrected chi connectivity index (χ0v) is 11.9. The van der Waals surface area contributed by atoms with Crippen LogP contribution in [-0.4, -0.2) is 30.2 Å². The van der Waals surface area contributed by atoms with Crippen LogP contribution in [-0.2, 0) is 0 Å². The SMILES string of the molecule is Cc1nc(N2CC3CNCC3C2(C)C)sc1C. The molecule has 1 aromatic heterocycles. The third-order valence-corrected chi connectivity index (χ3v) is 5.70. The lowest BCUT2D eigenvalue weighted by atomic mass is 9.85. The molecule has 0 spiro atoms. The molecule has 1 N–H and O–H groups in total. The van der Waals surface area contributed by atoms with E-state index in [0.717, 1.165) is 24.9 Å². The van der Waals surface area contributed by atoms with E-state index >= 15 is 0 Å². The van der Waals surface area contributed by atoms with E-state index in [9.17, 15) is 0 Å². The van der Waals surface area contributed by atoms with Gasteiger partial charge in [0.15, 0.2) is 5.13 Å². The first-order chi connectivity index (χ1) is 8.00. The van der Waals surface area contributed by atoms with Crippen molar-refractivity contribution in [1.29, 1.82) is 0 Å². The van der Waals surface area contributed by atoms with E-state index in [4.69, 9.17) is 4.98 Å². The summed E-state index contributed by atoms with van der Waals surface area (Å²) in [5.41, 5.74) is 1.43. The van der Waals surface area contributed by atoms with Gasteiger partial charge in [0, 0.05) is 30.1 Å². The molecule has 2 unspecified atom stereocenters. The Labute approximate surface area is 107 Å². The minimum atomic E-state index is 0.241. The Kier molecular flexibility index (Phi) is 2.49. The van der Waals surface area contributed by atoms with Crippen LogP contribution in [0.4, 0.5) is 5.13 Å². The number of fused-ring (bicyclic) bond motifs is 1. The molecule has 1 aromatic rings. The number of nitrogens with one attached hydrogen (secondary N) is 1. The highest BCUT2D eigenvalue weighted by Gasteiger charge is 2.50. The summed E-state index contributed by atoms with van der Waals surface area (Å²) in [6, 6.07) is 0. The fraction of sp³-hybridized carbons (Fsp3) is 0.769. The van der Waals surface area contributed by atoms with Gasteiger partial charge in [-0.15, -0.1) is 11.3 Å². The molecule has 0 bridgehead atoms. The van der Waals surface area contributed by atoms with Crippen LogP contribution in [0.2, 0.25) is 0 Å². The molecule has 0 aliphatic carbocycles. The number of rotatable bonds is 1. The summed E-state index contributed by atoms with van der Waals surface area (Å²) in [5.74, 6) is 1.57. The van der Waals surface area contributed by atoms with Crippen LogP contribution in [0.25, 0.3) is 0 Å². The monoisotopic (exact) mass is 251 g/mol. The van der Waals surface area contributed by atoms with Gasteiger partial charge in [0.05, 0.1) is 5.69 Å². The number of hydrogen-bond acceptors (Lipinski definition) is 4. The maximum atomic E-state index is 4.74. The second-order valence-corrected chi connectivity index (χ2v) is 7.11. The van der Waals surface area contributed by atoms with Gasteiger partial charge in [-0.2, -0.15) is 0 Å². The molecular weight excluding hydrogens is 230 g/mol. The summed E-state index contributed by atoms with van der Waals surface area (Å²) in [6.45, 7) is 12.5. The first-order valence-electron chi connectivity index (χ1n) is 6.42. The highest BCUT2D eigenvalue weighted by Crippen LogP contribution is 2.44. The molecule has 2 aliphatic heterocycles. The van der Waals surface area contributed by atoms with Crippen molar-refractivity contribution in [2.24, 2.45) is 11.8 Å². The lowest BCUT2D eigenvalue weighted by Crippen LogP contribution is -2.44. The molecular formula is C13H21N3S. The molecule has 0 aromatic carbocycles. The quantitative estimate of drug-likeness (QED) is 0.829. The summed E-state index contributed by atoms with van der Waals surface area (Å²) < 4.78 is 0. The zero-order chi connectivity index (χ0) is 12.2. The van der Waals surface area contributed by atoms with E-state index in [1.54, 1.807) is 0 Å². The Balaban J connectivity index is 1.94. The summed E-state index contributed by atoms with van der Waals surface area (Å²) in [6.07, 6.45) is 0. The zero-order valence-electron chi connectivity index (χ0n) is 11.1. The van der Waals surface area contributed by atoms with Crippen molar-refractivity contribution in [2.45, 2.75) is 33.2 Å². The van der Waals surface area contributed by atoms with Crippen molar-refractivity contribution in [3.05, 3.63) is 10.6 Å². The molecule has 2 aliphatic rings. The van der Waals surface area contributed by atoms with Gasteiger partial charge in [-0.05, 0) is 39.5 Å². The van der Waals surface area contributed by atoms with Crippen molar-refractivity contribution in [1.82, 2.24) is 10.3 Å². The first-order valence-corrected chi connectivity index (χ1v) is 7.24. The Hall–Kier alpha value is -0.610. The summed E-state index contributed by atoms with van der Waals surface area (Å²) in [5, 5.41) is 4.75. The van der Waals surface area contributed by atoms with Gasteiger partial charge >= 0.3 is 0 Å². The molecule has 2 atom stereocenters. The maximum absolute atomic E-state index is 4.74. The summed E-state index contributed by atoms with van der Waals surface area (Å²) >= 11 is 1.85. The summed E-state index contributed by atoms with van der Waals surface area (Å²) in [4.78, 5) is 8.63. The van der Waals surface area contributed by atoms with Crippen LogP contribution in [0.3, 0.4) is 0 Å². The highest BCUT2D eigenvalue weighted by molar-refractivity contribution is 7.15. The van der Waals surface area contributed by atoms with E-state index < -0.39 is 0 Å². The Morgan fingerprint density at radius 2 is 2.12 bits per heavy atom. The molecule has 2 fully saturated rings.